The monoisotopic (exact) mass is 239 g/mol. The van der Waals surface area contributed by atoms with Gasteiger partial charge in [-0.25, -0.2) is 0 Å². The Kier molecular flexibility index (Phi) is 6.93. The molecule has 0 unspecified atom stereocenters. The van der Waals surface area contributed by atoms with E-state index >= 15 is 0 Å². The van der Waals surface area contributed by atoms with Crippen LogP contribution in [-0.2, 0) is 6.54 Å². The summed E-state index contributed by atoms with van der Waals surface area (Å²) in [6.45, 7) is 5.31. The van der Waals surface area contributed by atoms with Gasteiger partial charge in [0, 0.05) is 25.2 Å². The summed E-state index contributed by atoms with van der Waals surface area (Å²) in [4.78, 5) is 4.59. The van der Waals surface area contributed by atoms with Crippen molar-refractivity contribution in [3.8, 4) is 0 Å². The minimum absolute atomic E-state index is 0.891. The first kappa shape index (κ1) is 14.2. The second-order valence-corrected chi connectivity index (χ2v) is 4.77. The first-order chi connectivity index (χ1) is 8.18. The molecule has 0 aliphatic heterocycles. The quantitative estimate of drug-likeness (QED) is 0.657. The molecular weight excluding hydrogens is 214 g/mol. The van der Waals surface area contributed by atoms with Gasteiger partial charge in [-0.05, 0) is 46.7 Å². The summed E-state index contributed by atoms with van der Waals surface area (Å²) < 4.78 is 5.01. The van der Waals surface area contributed by atoms with Gasteiger partial charge in [0.05, 0.1) is 12.5 Å². The van der Waals surface area contributed by atoms with Gasteiger partial charge in [-0.2, -0.15) is 0 Å². The fourth-order valence-electron chi connectivity index (χ4n) is 1.66. The maximum Gasteiger partial charge on any atom is 0.0947 e. The Bertz CT molecular complexity index is 272. The minimum atomic E-state index is 0.891. The SMILES string of the molecule is CN(C)CCCN(C)CCNCc1ccoc1. The van der Waals surface area contributed by atoms with Crippen molar-refractivity contribution in [2.24, 2.45) is 0 Å². The molecule has 0 aliphatic carbocycles. The van der Waals surface area contributed by atoms with Gasteiger partial charge in [0.15, 0.2) is 0 Å². The van der Waals surface area contributed by atoms with Crippen molar-refractivity contribution in [1.82, 2.24) is 15.1 Å². The summed E-state index contributed by atoms with van der Waals surface area (Å²) in [7, 11) is 6.41. The van der Waals surface area contributed by atoms with Gasteiger partial charge in [0.25, 0.3) is 0 Å². The minimum Gasteiger partial charge on any atom is -0.472 e. The molecule has 1 aromatic heterocycles. The zero-order valence-corrected chi connectivity index (χ0v) is 11.3. The predicted octanol–water partition coefficient (Wildman–Crippen LogP) is 1.25. The summed E-state index contributed by atoms with van der Waals surface area (Å²) in [5.41, 5.74) is 1.21. The molecule has 0 atom stereocenters. The van der Waals surface area contributed by atoms with E-state index in [-0.39, 0.29) is 0 Å². The highest BCUT2D eigenvalue weighted by molar-refractivity contribution is 5.04. The average molecular weight is 239 g/mol. The van der Waals surface area contributed by atoms with Crippen LogP contribution in [0.15, 0.2) is 23.0 Å². The topological polar surface area (TPSA) is 31.6 Å². The number of hydrogen-bond donors (Lipinski definition) is 1. The number of nitrogens with zero attached hydrogens (tertiary/aromatic N) is 2. The number of rotatable bonds is 9. The lowest BCUT2D eigenvalue weighted by Crippen LogP contribution is -2.30. The largest absolute Gasteiger partial charge is 0.472 e. The molecule has 0 radical (unpaired) electrons. The lowest BCUT2D eigenvalue weighted by atomic mass is 10.3. The normalized spacial score (nSPS) is 11.6. The Morgan fingerprint density at radius 2 is 2.00 bits per heavy atom. The highest BCUT2D eigenvalue weighted by Gasteiger charge is 1.99. The van der Waals surface area contributed by atoms with Crippen LogP contribution < -0.4 is 5.32 Å². The van der Waals surface area contributed by atoms with Crippen molar-refractivity contribution in [3.05, 3.63) is 24.2 Å². The van der Waals surface area contributed by atoms with Crippen LogP contribution >= 0.6 is 0 Å². The second kappa shape index (κ2) is 8.28. The molecule has 4 heteroatoms. The first-order valence-corrected chi connectivity index (χ1v) is 6.23. The van der Waals surface area contributed by atoms with E-state index in [1.54, 1.807) is 12.5 Å². The lowest BCUT2D eigenvalue weighted by Gasteiger charge is -2.18. The van der Waals surface area contributed by atoms with E-state index in [0.717, 1.165) is 32.7 Å². The molecule has 1 N–H and O–H groups in total. The molecule has 17 heavy (non-hydrogen) atoms. The fourth-order valence-corrected chi connectivity index (χ4v) is 1.66. The third-order valence-corrected chi connectivity index (χ3v) is 2.72. The molecule has 0 saturated carbocycles. The summed E-state index contributed by atoms with van der Waals surface area (Å²) in [5.74, 6) is 0. The Labute approximate surface area is 105 Å². The van der Waals surface area contributed by atoms with Crippen molar-refractivity contribution >= 4 is 0 Å². The molecule has 0 bridgehead atoms. The molecule has 0 spiro atoms. The van der Waals surface area contributed by atoms with Crippen LogP contribution in [0.4, 0.5) is 0 Å². The van der Waals surface area contributed by atoms with Crippen LogP contribution in [-0.4, -0.2) is 57.1 Å². The van der Waals surface area contributed by atoms with Crippen LogP contribution in [0.1, 0.15) is 12.0 Å². The zero-order chi connectivity index (χ0) is 12.5. The Hall–Kier alpha value is -0.840. The molecule has 0 amide bonds. The highest BCUT2D eigenvalue weighted by Crippen LogP contribution is 1.98. The van der Waals surface area contributed by atoms with Gasteiger partial charge in [-0.15, -0.1) is 0 Å². The molecule has 0 fully saturated rings. The zero-order valence-electron chi connectivity index (χ0n) is 11.3. The van der Waals surface area contributed by atoms with E-state index in [0.29, 0.717) is 0 Å². The number of furan rings is 1. The predicted molar refractivity (Wildman–Crippen MR) is 71.1 cm³/mol. The van der Waals surface area contributed by atoms with Gasteiger partial charge in [-0.3, -0.25) is 0 Å². The van der Waals surface area contributed by atoms with Crippen LogP contribution in [0.2, 0.25) is 0 Å². The van der Waals surface area contributed by atoms with Crippen LogP contribution in [0.3, 0.4) is 0 Å². The van der Waals surface area contributed by atoms with Crippen LogP contribution in [0.25, 0.3) is 0 Å². The van der Waals surface area contributed by atoms with E-state index in [1.807, 2.05) is 6.07 Å². The molecule has 0 aliphatic rings. The molecule has 98 valence electrons. The van der Waals surface area contributed by atoms with Gasteiger partial charge in [0.1, 0.15) is 0 Å². The summed E-state index contributed by atoms with van der Waals surface area (Å²) in [6, 6.07) is 1.99. The van der Waals surface area contributed by atoms with Crippen molar-refractivity contribution < 1.29 is 4.42 Å². The van der Waals surface area contributed by atoms with Crippen molar-refractivity contribution in [2.45, 2.75) is 13.0 Å². The summed E-state index contributed by atoms with van der Waals surface area (Å²) in [5, 5.41) is 3.41. The Morgan fingerprint density at radius 3 is 2.65 bits per heavy atom. The van der Waals surface area contributed by atoms with Crippen molar-refractivity contribution in [2.75, 3.05) is 47.3 Å². The van der Waals surface area contributed by atoms with Crippen LogP contribution in [0.5, 0.6) is 0 Å². The number of nitrogens with one attached hydrogen (secondary N) is 1. The molecule has 4 nitrogen and oxygen atoms in total. The fraction of sp³-hybridized carbons (Fsp3) is 0.692. The van der Waals surface area contributed by atoms with E-state index in [1.165, 1.54) is 12.0 Å². The Morgan fingerprint density at radius 1 is 1.18 bits per heavy atom. The number of likely N-dealkylation sites (N-methyl/N-ethyl adjacent to an activating group) is 1. The summed E-state index contributed by atoms with van der Waals surface area (Å²) in [6.07, 6.45) is 4.73. The molecular formula is C13H25N3O. The molecule has 1 rings (SSSR count). The standard InChI is InChI=1S/C13H25N3O/c1-15(2)7-4-8-16(3)9-6-14-11-13-5-10-17-12-13/h5,10,12,14H,4,6-9,11H2,1-3H3. The average Bonchev–Trinajstić information content (AvgIpc) is 2.76. The molecule has 0 aromatic carbocycles. The number of hydrogen-bond acceptors (Lipinski definition) is 4. The van der Waals surface area contributed by atoms with E-state index in [4.69, 9.17) is 4.42 Å². The highest BCUT2D eigenvalue weighted by atomic mass is 16.3. The van der Waals surface area contributed by atoms with Gasteiger partial charge in [0.2, 0.25) is 0 Å². The summed E-state index contributed by atoms with van der Waals surface area (Å²) >= 11 is 0. The smallest absolute Gasteiger partial charge is 0.0947 e. The van der Waals surface area contributed by atoms with E-state index in [9.17, 15) is 0 Å². The lowest BCUT2D eigenvalue weighted by molar-refractivity contribution is 0.299. The first-order valence-electron chi connectivity index (χ1n) is 6.23. The second-order valence-electron chi connectivity index (χ2n) is 4.77. The maximum absolute atomic E-state index is 5.01. The van der Waals surface area contributed by atoms with Crippen molar-refractivity contribution in [3.63, 3.8) is 0 Å². The van der Waals surface area contributed by atoms with Gasteiger partial charge < -0.3 is 19.5 Å². The van der Waals surface area contributed by atoms with Gasteiger partial charge in [-0.1, -0.05) is 0 Å². The van der Waals surface area contributed by atoms with E-state index < -0.39 is 0 Å². The van der Waals surface area contributed by atoms with Crippen LogP contribution in [0, 0.1) is 0 Å². The third kappa shape index (κ3) is 7.15. The van der Waals surface area contributed by atoms with Gasteiger partial charge >= 0.3 is 0 Å². The maximum atomic E-state index is 5.01. The molecule has 1 aromatic rings. The molecule has 0 saturated heterocycles. The molecule has 1 heterocycles. The Balaban J connectivity index is 1.95. The van der Waals surface area contributed by atoms with Crippen molar-refractivity contribution in [1.29, 1.82) is 0 Å². The van der Waals surface area contributed by atoms with E-state index in [2.05, 4.69) is 36.3 Å². The third-order valence-electron chi connectivity index (χ3n) is 2.72.